The summed E-state index contributed by atoms with van der Waals surface area (Å²) in [5.41, 5.74) is 18.0. The van der Waals surface area contributed by atoms with Gasteiger partial charge in [-0.1, -0.05) is 76.6 Å². The van der Waals surface area contributed by atoms with Crippen LogP contribution in [0.3, 0.4) is 0 Å². The highest BCUT2D eigenvalue weighted by molar-refractivity contribution is 9.12. The minimum Gasteiger partial charge on any atom is -0.404 e. The van der Waals surface area contributed by atoms with Gasteiger partial charge in [0.05, 0.1) is 23.3 Å². The van der Waals surface area contributed by atoms with E-state index >= 15 is 0 Å². The fourth-order valence-electron chi connectivity index (χ4n) is 8.62. The number of nitrogens with one attached hydrogen (secondary N) is 1. The van der Waals surface area contributed by atoms with Crippen molar-refractivity contribution in [2.75, 3.05) is 31.9 Å². The van der Waals surface area contributed by atoms with Gasteiger partial charge in [-0.25, -0.2) is 5.84 Å². The summed E-state index contributed by atoms with van der Waals surface area (Å²) in [5.74, 6) is 6.11. The molecule has 2 saturated heterocycles. The molecule has 5 N–H and O–H groups in total. The van der Waals surface area contributed by atoms with Crippen molar-refractivity contribution < 1.29 is 18.8 Å². The number of nitrogen functional groups attached to an aromatic ring is 2. The van der Waals surface area contributed by atoms with Crippen molar-refractivity contribution in [1.29, 1.82) is 15.8 Å². The molecular weight excluding hydrogens is 897 g/mol. The number of benzene rings is 4. The topological polar surface area (TPSA) is 232 Å². The zero-order chi connectivity index (χ0) is 47.0. The Morgan fingerprint density at radius 2 is 1.06 bits per heavy atom. The summed E-state index contributed by atoms with van der Waals surface area (Å²) in [6.45, 7) is 10.9. The van der Waals surface area contributed by atoms with Gasteiger partial charge in [0.15, 0.2) is 0 Å². The molecule has 3 heterocycles. The van der Waals surface area contributed by atoms with Crippen LogP contribution >= 0.6 is 15.9 Å². The molecule has 2 fully saturated rings. The molecule has 344 valence electrons. The first-order chi connectivity index (χ1) is 31.5. The van der Waals surface area contributed by atoms with Crippen LogP contribution in [-0.4, -0.2) is 63.9 Å². The van der Waals surface area contributed by atoms with Crippen molar-refractivity contribution in [2.45, 2.75) is 98.3 Å². The Kier molecular flexibility index (Phi) is 19.6. The van der Waals surface area contributed by atoms with Crippen LogP contribution in [0.2, 0.25) is 0 Å². The Bertz CT molecular complexity index is 2570. The van der Waals surface area contributed by atoms with E-state index in [2.05, 4.69) is 63.6 Å². The van der Waals surface area contributed by atoms with E-state index < -0.39 is 0 Å². The second kappa shape index (κ2) is 25.0. The van der Waals surface area contributed by atoms with Crippen molar-refractivity contribution in [2.24, 2.45) is 5.84 Å². The highest BCUT2D eigenvalue weighted by Crippen LogP contribution is 2.33. The van der Waals surface area contributed by atoms with Crippen molar-refractivity contribution in [1.82, 2.24) is 25.4 Å². The van der Waals surface area contributed by atoms with Crippen LogP contribution in [0.4, 0.5) is 6.01 Å². The molecule has 15 heteroatoms. The fourth-order valence-corrected chi connectivity index (χ4v) is 8.62. The lowest BCUT2D eigenvalue weighted by Crippen LogP contribution is -2.38. The number of rotatable bonds is 10. The minimum atomic E-state index is -0.372. The van der Waals surface area contributed by atoms with E-state index in [-0.39, 0.29) is 31.2 Å². The standard InChI is InChI=1S/C25H27N5O2.C24H28N4O2.CBrN.CH4/c1-3-17-13-18(4-2)22(14-21(17)23-28-29-25(27)32-23)24(31)30-11-9-20(10-12-30)19-7-5-16(15-26)6-8-19;1-3-17-13-18(4-2)22(14-21(17)23(29)27-26)24(30)28-11-9-20(10-12-28)19-7-5-16(15-25)6-8-19;2-1-3;/h5-8,13-14,20H,3-4,9-12H2,1-2H3,(H2,27,29);5-8,13-14,20H,3-4,9-12,26H2,1-2H3,(H,27,29);;1H4. The molecule has 4 aromatic carbocycles. The lowest BCUT2D eigenvalue weighted by atomic mass is 9.88. The third-order valence-corrected chi connectivity index (χ3v) is 12.3. The van der Waals surface area contributed by atoms with Crippen LogP contribution in [0.15, 0.2) is 77.2 Å². The number of nitrogens with two attached hydrogens (primary N) is 2. The molecule has 0 bridgehead atoms. The number of carbonyl (C=O) groups excluding carboxylic acids is 3. The summed E-state index contributed by atoms with van der Waals surface area (Å²) in [6, 6.07) is 27.4. The van der Waals surface area contributed by atoms with Gasteiger partial charge in [-0.05, 0) is 133 Å². The number of likely N-dealkylation sites (tertiary alicyclic amines) is 2. The van der Waals surface area contributed by atoms with E-state index in [0.717, 1.165) is 72.8 Å². The molecule has 7 rings (SSSR count). The number of piperidine rings is 2. The molecule has 1 aromatic heterocycles. The number of carbonyl (C=O) groups is 3. The Morgan fingerprint density at radius 3 is 1.42 bits per heavy atom. The zero-order valence-electron chi connectivity index (χ0n) is 37.4. The highest BCUT2D eigenvalue weighted by Gasteiger charge is 2.29. The van der Waals surface area contributed by atoms with E-state index in [9.17, 15) is 14.4 Å². The number of anilines is 1. The van der Waals surface area contributed by atoms with Gasteiger partial charge in [0.2, 0.25) is 5.89 Å². The molecule has 2 aliphatic heterocycles. The largest absolute Gasteiger partial charge is 0.404 e. The number of nitrogens with zero attached hydrogens (tertiary/aromatic N) is 7. The van der Waals surface area contributed by atoms with Crippen LogP contribution in [0.5, 0.6) is 0 Å². The number of hydrogen-bond acceptors (Lipinski definition) is 11. The number of hydrazine groups is 1. The maximum atomic E-state index is 13.5. The first kappa shape index (κ1) is 51.8. The molecule has 0 saturated carbocycles. The van der Waals surface area contributed by atoms with Gasteiger partial charge < -0.3 is 20.0 Å². The summed E-state index contributed by atoms with van der Waals surface area (Å²) in [4.78, 5) is 44.4. The second-order valence-electron chi connectivity index (χ2n) is 15.9. The molecule has 0 unspecified atom stereocenters. The molecule has 2 aliphatic rings. The molecule has 0 spiro atoms. The Morgan fingerprint density at radius 1 is 0.667 bits per heavy atom. The van der Waals surface area contributed by atoms with Gasteiger partial charge in [0, 0.05) is 64.4 Å². The number of aromatic nitrogens is 2. The SMILES string of the molecule is C.CCc1cc(CC)c(-c2nnc(N)o2)cc1C(=O)N1CCC(c2ccc(C#N)cc2)CC1.CCc1cc(CC)c(C(=O)N2CCC(c3ccc(C#N)cc3)CC2)cc1C(=O)NN.N#CBr. The molecule has 0 aliphatic carbocycles. The van der Waals surface area contributed by atoms with E-state index in [1.165, 1.54) is 11.1 Å². The van der Waals surface area contributed by atoms with E-state index in [0.29, 0.717) is 78.1 Å². The van der Waals surface area contributed by atoms with E-state index in [1.807, 2.05) is 84.3 Å². The smallest absolute Gasteiger partial charge is 0.313 e. The Balaban J connectivity index is 0.000000269. The lowest BCUT2D eigenvalue weighted by Gasteiger charge is -2.33. The molecule has 0 radical (unpaired) electrons. The monoisotopic (exact) mass is 954 g/mol. The molecular formula is C51H59BrN10O4. The van der Waals surface area contributed by atoms with Crippen molar-refractivity contribution in [3.63, 3.8) is 0 Å². The Hall–Kier alpha value is -6.86. The van der Waals surface area contributed by atoms with Crippen molar-refractivity contribution >= 4 is 39.7 Å². The summed E-state index contributed by atoms with van der Waals surface area (Å²) in [6.07, 6.45) is 6.53. The van der Waals surface area contributed by atoms with Crippen molar-refractivity contribution in [3.05, 3.63) is 134 Å². The molecule has 14 nitrogen and oxygen atoms in total. The van der Waals surface area contributed by atoms with Crippen LogP contribution in [-0.2, 0) is 25.7 Å². The first-order valence-corrected chi connectivity index (χ1v) is 22.8. The zero-order valence-corrected chi connectivity index (χ0v) is 39.0. The third kappa shape index (κ3) is 12.5. The van der Waals surface area contributed by atoms with Gasteiger partial charge in [0.1, 0.15) is 4.98 Å². The first-order valence-electron chi connectivity index (χ1n) is 22.0. The van der Waals surface area contributed by atoms with Crippen LogP contribution in [0.1, 0.15) is 148 Å². The maximum Gasteiger partial charge on any atom is 0.313 e. The number of halogens is 1. The molecule has 0 atom stereocenters. The predicted octanol–water partition coefficient (Wildman–Crippen LogP) is 9.14. The quantitative estimate of drug-likeness (QED) is 0.0678. The average Bonchev–Trinajstić information content (AvgIpc) is 3.81. The number of amides is 3. The Labute approximate surface area is 396 Å². The number of nitriles is 3. The second-order valence-corrected chi connectivity index (χ2v) is 16.2. The van der Waals surface area contributed by atoms with Gasteiger partial charge in [-0.15, -0.1) is 5.10 Å². The van der Waals surface area contributed by atoms with Gasteiger partial charge in [-0.3, -0.25) is 19.8 Å². The average molecular weight is 956 g/mol. The molecule has 66 heavy (non-hydrogen) atoms. The van der Waals surface area contributed by atoms with Gasteiger partial charge in [-0.2, -0.15) is 15.8 Å². The maximum absolute atomic E-state index is 13.5. The van der Waals surface area contributed by atoms with Crippen molar-refractivity contribution in [3.8, 4) is 28.6 Å². The van der Waals surface area contributed by atoms with Crippen LogP contribution in [0, 0.1) is 32.9 Å². The summed E-state index contributed by atoms with van der Waals surface area (Å²) >= 11 is 2.45. The normalized spacial score (nSPS) is 13.6. The fraction of sp³-hybridized carbons (Fsp3) is 0.373. The van der Waals surface area contributed by atoms with Gasteiger partial charge >= 0.3 is 6.01 Å². The molecule has 3 amide bonds. The minimum absolute atomic E-state index is 0. The third-order valence-electron chi connectivity index (χ3n) is 12.3. The van der Waals surface area contributed by atoms with Gasteiger partial charge in [0.25, 0.3) is 17.7 Å². The van der Waals surface area contributed by atoms with Crippen LogP contribution in [0.25, 0.3) is 11.5 Å². The summed E-state index contributed by atoms with van der Waals surface area (Å²) in [5, 5.41) is 33.0. The van der Waals surface area contributed by atoms with E-state index in [4.69, 9.17) is 31.8 Å². The summed E-state index contributed by atoms with van der Waals surface area (Å²) < 4.78 is 5.46. The lowest BCUT2D eigenvalue weighted by molar-refractivity contribution is 0.0704. The van der Waals surface area contributed by atoms with Crippen LogP contribution < -0.4 is 17.0 Å². The van der Waals surface area contributed by atoms with E-state index in [1.54, 1.807) is 11.0 Å². The molecule has 5 aromatic rings. The summed E-state index contributed by atoms with van der Waals surface area (Å²) in [7, 11) is 0. The number of aryl methyl sites for hydroxylation is 4. The predicted molar refractivity (Wildman–Crippen MR) is 259 cm³/mol. The highest BCUT2D eigenvalue weighted by atomic mass is 79.9. The number of hydrogen-bond donors (Lipinski definition) is 3.